The second kappa shape index (κ2) is 6.88. The van der Waals surface area contributed by atoms with Crippen molar-refractivity contribution < 1.29 is 4.79 Å². The van der Waals surface area contributed by atoms with Gasteiger partial charge >= 0.3 is 0 Å². The Labute approximate surface area is 117 Å². The van der Waals surface area contributed by atoms with Crippen molar-refractivity contribution in [2.24, 2.45) is 11.8 Å². The van der Waals surface area contributed by atoms with Gasteiger partial charge in [-0.3, -0.25) is 4.79 Å². The molecule has 104 valence electrons. The number of benzene rings is 1. The van der Waals surface area contributed by atoms with Gasteiger partial charge in [-0.05, 0) is 37.7 Å². The second-order valence-corrected chi connectivity index (χ2v) is 6.01. The zero-order valence-electron chi connectivity index (χ0n) is 12.3. The Bertz CT molecular complexity index is 404. The van der Waals surface area contributed by atoms with Crippen LogP contribution < -0.4 is 0 Å². The molecular weight excluding hydrogens is 232 g/mol. The summed E-state index contributed by atoms with van der Waals surface area (Å²) in [5.74, 6) is 1.51. The molecule has 2 unspecified atom stereocenters. The number of carbonyl (C=O) groups excluding carboxylic acids is 1. The van der Waals surface area contributed by atoms with Crippen LogP contribution in [0.15, 0.2) is 24.3 Å². The smallest absolute Gasteiger partial charge is 0.136 e. The summed E-state index contributed by atoms with van der Waals surface area (Å²) in [6.07, 6.45) is 7.76. The molecule has 0 aliphatic heterocycles. The van der Waals surface area contributed by atoms with E-state index >= 15 is 0 Å². The summed E-state index contributed by atoms with van der Waals surface area (Å²) in [6, 6.07) is 8.58. The Hall–Kier alpha value is -1.11. The van der Waals surface area contributed by atoms with E-state index in [0.717, 1.165) is 19.3 Å². The molecule has 0 N–H and O–H groups in total. The maximum absolute atomic E-state index is 12.4. The molecule has 1 heteroatoms. The molecule has 1 aliphatic carbocycles. The zero-order chi connectivity index (χ0) is 13.7. The van der Waals surface area contributed by atoms with Crippen LogP contribution >= 0.6 is 0 Å². The fraction of sp³-hybridized carbons (Fsp3) is 0.611. The number of rotatable bonds is 5. The van der Waals surface area contributed by atoms with Gasteiger partial charge in [-0.1, -0.05) is 56.0 Å². The van der Waals surface area contributed by atoms with E-state index in [1.54, 1.807) is 0 Å². The number of carbonyl (C=O) groups is 1. The first-order valence-corrected chi connectivity index (χ1v) is 7.79. The average Bonchev–Trinajstić information content (AvgIpc) is 2.46. The molecule has 0 heterocycles. The lowest BCUT2D eigenvalue weighted by Crippen LogP contribution is -2.27. The van der Waals surface area contributed by atoms with Crippen molar-refractivity contribution in [2.75, 3.05) is 0 Å². The third-order valence-corrected chi connectivity index (χ3v) is 4.63. The topological polar surface area (TPSA) is 17.1 Å². The predicted octanol–water partition coefficient (Wildman–Crippen LogP) is 4.71. The monoisotopic (exact) mass is 258 g/mol. The van der Waals surface area contributed by atoms with Crippen LogP contribution in [0, 0.1) is 18.8 Å². The molecule has 1 fully saturated rings. The van der Waals surface area contributed by atoms with Crippen molar-refractivity contribution >= 4 is 5.78 Å². The lowest BCUT2D eigenvalue weighted by molar-refractivity contribution is -0.125. The van der Waals surface area contributed by atoms with E-state index in [1.165, 1.54) is 36.8 Å². The Morgan fingerprint density at radius 2 is 1.84 bits per heavy atom. The van der Waals surface area contributed by atoms with E-state index in [4.69, 9.17) is 0 Å². The van der Waals surface area contributed by atoms with Crippen LogP contribution in [-0.2, 0) is 11.2 Å². The van der Waals surface area contributed by atoms with Gasteiger partial charge in [0.2, 0.25) is 0 Å². The van der Waals surface area contributed by atoms with Gasteiger partial charge in [0.1, 0.15) is 5.78 Å². The van der Waals surface area contributed by atoms with Crippen LogP contribution in [0.2, 0.25) is 0 Å². The van der Waals surface area contributed by atoms with E-state index in [2.05, 4.69) is 38.1 Å². The van der Waals surface area contributed by atoms with Crippen molar-refractivity contribution in [3.8, 4) is 0 Å². The summed E-state index contributed by atoms with van der Waals surface area (Å²) in [5, 5.41) is 0. The highest BCUT2D eigenvalue weighted by Gasteiger charge is 2.28. The molecule has 0 bridgehead atoms. The van der Waals surface area contributed by atoms with Crippen LogP contribution in [0.1, 0.15) is 56.6 Å². The highest BCUT2D eigenvalue weighted by atomic mass is 16.1. The Morgan fingerprint density at radius 1 is 1.16 bits per heavy atom. The van der Waals surface area contributed by atoms with E-state index in [1.807, 2.05) is 0 Å². The van der Waals surface area contributed by atoms with Gasteiger partial charge in [0.05, 0.1) is 0 Å². The molecule has 0 aromatic heterocycles. The summed E-state index contributed by atoms with van der Waals surface area (Å²) in [7, 11) is 0. The molecule has 1 saturated carbocycles. The fourth-order valence-corrected chi connectivity index (χ4v) is 3.33. The third kappa shape index (κ3) is 3.92. The molecular formula is C18H26O. The average molecular weight is 258 g/mol. The van der Waals surface area contributed by atoms with Crippen molar-refractivity contribution in [1.82, 2.24) is 0 Å². The van der Waals surface area contributed by atoms with Crippen LogP contribution in [0.3, 0.4) is 0 Å². The van der Waals surface area contributed by atoms with Gasteiger partial charge in [-0.15, -0.1) is 0 Å². The predicted molar refractivity (Wildman–Crippen MR) is 80.2 cm³/mol. The second-order valence-electron chi connectivity index (χ2n) is 6.01. The molecule has 1 nitrogen and oxygen atoms in total. The summed E-state index contributed by atoms with van der Waals surface area (Å²) in [4.78, 5) is 12.4. The minimum atomic E-state index is 0.351. The maximum atomic E-state index is 12.4. The summed E-state index contributed by atoms with van der Waals surface area (Å²) < 4.78 is 0. The quantitative estimate of drug-likeness (QED) is 0.747. The van der Waals surface area contributed by atoms with Crippen LogP contribution in [0.5, 0.6) is 0 Å². The van der Waals surface area contributed by atoms with Crippen molar-refractivity contribution in [2.45, 2.75) is 58.8 Å². The van der Waals surface area contributed by atoms with E-state index in [-0.39, 0.29) is 0 Å². The largest absolute Gasteiger partial charge is 0.299 e. The van der Waals surface area contributed by atoms with Crippen molar-refractivity contribution in [3.63, 3.8) is 0 Å². The first kappa shape index (κ1) is 14.3. The normalized spacial score (nSPS) is 23.3. The summed E-state index contributed by atoms with van der Waals surface area (Å²) in [5.41, 5.74) is 2.58. The number of aryl methyl sites for hydroxylation is 2. The molecule has 1 aromatic rings. The van der Waals surface area contributed by atoms with E-state index in [9.17, 15) is 4.79 Å². The summed E-state index contributed by atoms with van der Waals surface area (Å²) >= 11 is 0. The maximum Gasteiger partial charge on any atom is 0.136 e. The number of hydrogen-bond donors (Lipinski definition) is 0. The lowest BCUT2D eigenvalue weighted by atomic mass is 9.74. The lowest BCUT2D eigenvalue weighted by Gasteiger charge is -2.29. The molecule has 1 aliphatic rings. The first-order valence-electron chi connectivity index (χ1n) is 7.79. The fourth-order valence-electron chi connectivity index (χ4n) is 3.33. The molecule has 2 rings (SSSR count). The molecule has 0 radical (unpaired) electrons. The number of hydrogen-bond acceptors (Lipinski definition) is 1. The van der Waals surface area contributed by atoms with E-state index < -0.39 is 0 Å². The summed E-state index contributed by atoms with van der Waals surface area (Å²) in [6.45, 7) is 4.33. The molecule has 19 heavy (non-hydrogen) atoms. The van der Waals surface area contributed by atoms with Gasteiger partial charge in [0.15, 0.2) is 0 Å². The minimum Gasteiger partial charge on any atom is -0.299 e. The molecule has 0 spiro atoms. The van der Waals surface area contributed by atoms with Gasteiger partial charge < -0.3 is 0 Å². The van der Waals surface area contributed by atoms with Gasteiger partial charge in [0.25, 0.3) is 0 Å². The SMILES string of the molecule is CCC1CCCCC1C(=O)CCc1ccc(C)cc1. The molecule has 2 atom stereocenters. The number of ketones is 1. The Kier molecular flexibility index (Phi) is 5.18. The van der Waals surface area contributed by atoms with Crippen molar-refractivity contribution in [1.29, 1.82) is 0 Å². The molecule has 0 saturated heterocycles. The van der Waals surface area contributed by atoms with Gasteiger partial charge in [-0.25, -0.2) is 0 Å². The van der Waals surface area contributed by atoms with Crippen molar-refractivity contribution in [3.05, 3.63) is 35.4 Å². The molecule has 0 amide bonds. The first-order chi connectivity index (χ1) is 9.20. The highest BCUT2D eigenvalue weighted by Crippen LogP contribution is 2.33. The van der Waals surface area contributed by atoms with Crippen LogP contribution in [-0.4, -0.2) is 5.78 Å². The third-order valence-electron chi connectivity index (χ3n) is 4.63. The van der Waals surface area contributed by atoms with Gasteiger partial charge in [0, 0.05) is 12.3 Å². The Balaban J connectivity index is 1.87. The van der Waals surface area contributed by atoms with Gasteiger partial charge in [-0.2, -0.15) is 0 Å². The zero-order valence-corrected chi connectivity index (χ0v) is 12.3. The van der Waals surface area contributed by atoms with Crippen LogP contribution in [0.25, 0.3) is 0 Å². The van der Waals surface area contributed by atoms with E-state index in [0.29, 0.717) is 17.6 Å². The standard InChI is InChI=1S/C18H26O/c1-3-16-6-4-5-7-17(16)18(19)13-12-15-10-8-14(2)9-11-15/h8-11,16-17H,3-7,12-13H2,1-2H3. The number of Topliss-reactive ketones (excluding diaryl/α,β-unsaturated/α-hetero) is 1. The minimum absolute atomic E-state index is 0.351. The van der Waals surface area contributed by atoms with Crippen LogP contribution in [0.4, 0.5) is 0 Å². The highest BCUT2D eigenvalue weighted by molar-refractivity contribution is 5.81. The molecule has 1 aromatic carbocycles. The Morgan fingerprint density at radius 3 is 2.53 bits per heavy atom.